The van der Waals surface area contributed by atoms with Gasteiger partial charge < -0.3 is 14.9 Å². The van der Waals surface area contributed by atoms with Crippen molar-refractivity contribution in [3.8, 4) is 0 Å². The Morgan fingerprint density at radius 3 is 2.50 bits per heavy atom. The summed E-state index contributed by atoms with van der Waals surface area (Å²) in [6.07, 6.45) is 0.836. The summed E-state index contributed by atoms with van der Waals surface area (Å²) in [7, 11) is 1.58. The Labute approximate surface area is 109 Å². The van der Waals surface area contributed by atoms with Crippen LogP contribution >= 0.6 is 0 Å². The van der Waals surface area contributed by atoms with Gasteiger partial charge in [0.05, 0.1) is 5.92 Å². The third-order valence-electron chi connectivity index (χ3n) is 3.53. The van der Waals surface area contributed by atoms with E-state index in [4.69, 9.17) is 5.11 Å². The summed E-state index contributed by atoms with van der Waals surface area (Å²) in [5.74, 6) is -0.455. The van der Waals surface area contributed by atoms with E-state index in [2.05, 4.69) is 18.7 Å². The fraction of sp³-hybridized carbons (Fsp3) is 0.846. The second kappa shape index (κ2) is 6.18. The zero-order valence-corrected chi connectivity index (χ0v) is 11.7. The average molecular weight is 256 g/mol. The van der Waals surface area contributed by atoms with Crippen LogP contribution in [0.3, 0.4) is 0 Å². The first-order chi connectivity index (χ1) is 8.32. The summed E-state index contributed by atoms with van der Waals surface area (Å²) in [4.78, 5) is 26.7. The molecule has 0 aromatic rings. The van der Waals surface area contributed by atoms with Crippen LogP contribution < -0.4 is 0 Å². The normalized spacial score (nSPS) is 22.2. The Balaban J connectivity index is 2.51. The quantitative estimate of drug-likeness (QED) is 0.794. The molecule has 0 saturated carbocycles. The van der Waals surface area contributed by atoms with Crippen LogP contribution in [0, 0.1) is 11.8 Å². The topological polar surface area (TPSA) is 60.9 Å². The van der Waals surface area contributed by atoms with E-state index in [1.807, 2.05) is 0 Å². The molecular formula is C13H24N2O3. The molecule has 5 nitrogen and oxygen atoms in total. The van der Waals surface area contributed by atoms with E-state index >= 15 is 0 Å². The maximum absolute atomic E-state index is 12.2. The first-order valence-electron chi connectivity index (χ1n) is 6.54. The molecule has 1 saturated heterocycles. The number of carbonyl (C=O) groups excluding carboxylic acids is 1. The highest BCUT2D eigenvalue weighted by Gasteiger charge is 2.33. The molecule has 1 heterocycles. The Hall–Kier alpha value is -1.10. The SMILES string of the molecule is CC(C)CN1CCC(C(=O)N(C)C(C)C(=O)O)C1. The van der Waals surface area contributed by atoms with Gasteiger partial charge in [-0.05, 0) is 25.8 Å². The van der Waals surface area contributed by atoms with Crippen LogP contribution in [0.5, 0.6) is 0 Å². The summed E-state index contributed by atoms with van der Waals surface area (Å²) >= 11 is 0. The third kappa shape index (κ3) is 3.70. The van der Waals surface area contributed by atoms with Crippen LogP contribution in [0.15, 0.2) is 0 Å². The summed E-state index contributed by atoms with van der Waals surface area (Å²) in [5.41, 5.74) is 0. The van der Waals surface area contributed by atoms with Gasteiger partial charge in [0.2, 0.25) is 5.91 Å². The van der Waals surface area contributed by atoms with Crippen molar-refractivity contribution in [3.63, 3.8) is 0 Å². The lowest BCUT2D eigenvalue weighted by Crippen LogP contribution is -2.44. The summed E-state index contributed by atoms with van der Waals surface area (Å²) in [6, 6.07) is -0.753. The van der Waals surface area contributed by atoms with Gasteiger partial charge in [-0.2, -0.15) is 0 Å². The number of rotatable bonds is 5. The molecule has 2 unspecified atom stereocenters. The highest BCUT2D eigenvalue weighted by Crippen LogP contribution is 2.20. The first kappa shape index (κ1) is 15.0. The standard InChI is InChI=1S/C13H24N2O3/c1-9(2)7-15-6-5-11(8-15)12(16)14(4)10(3)13(17)18/h9-11H,5-8H2,1-4H3,(H,17,18). The van der Waals surface area contributed by atoms with Gasteiger partial charge in [-0.1, -0.05) is 13.8 Å². The molecule has 0 aromatic heterocycles. The number of aliphatic carboxylic acids is 1. The average Bonchev–Trinajstić information content (AvgIpc) is 2.73. The molecule has 18 heavy (non-hydrogen) atoms. The molecule has 0 radical (unpaired) electrons. The van der Waals surface area contributed by atoms with Gasteiger partial charge in [0.15, 0.2) is 0 Å². The molecule has 1 aliphatic heterocycles. The van der Waals surface area contributed by atoms with Gasteiger partial charge in [0.25, 0.3) is 0 Å². The predicted octanol–water partition coefficient (Wildman–Crippen LogP) is 0.896. The van der Waals surface area contributed by atoms with Crippen LogP contribution in [0.2, 0.25) is 0 Å². The van der Waals surface area contributed by atoms with Gasteiger partial charge in [-0.3, -0.25) is 4.79 Å². The maximum atomic E-state index is 12.2. The van der Waals surface area contributed by atoms with Crippen LogP contribution in [-0.2, 0) is 9.59 Å². The zero-order valence-electron chi connectivity index (χ0n) is 11.7. The van der Waals surface area contributed by atoms with E-state index < -0.39 is 12.0 Å². The molecule has 1 amide bonds. The van der Waals surface area contributed by atoms with Crippen LogP contribution in [-0.4, -0.2) is 59.5 Å². The number of likely N-dealkylation sites (N-methyl/N-ethyl adjacent to an activating group) is 1. The highest BCUT2D eigenvalue weighted by molar-refractivity contribution is 5.84. The van der Waals surface area contributed by atoms with E-state index in [1.165, 1.54) is 4.90 Å². The van der Waals surface area contributed by atoms with E-state index in [1.54, 1.807) is 14.0 Å². The van der Waals surface area contributed by atoms with Gasteiger partial charge in [-0.25, -0.2) is 4.79 Å². The smallest absolute Gasteiger partial charge is 0.326 e. The van der Waals surface area contributed by atoms with E-state index in [0.717, 1.165) is 26.1 Å². The molecular weight excluding hydrogens is 232 g/mol. The molecule has 5 heteroatoms. The van der Waals surface area contributed by atoms with Crippen molar-refractivity contribution in [2.45, 2.75) is 33.2 Å². The Kier molecular flexibility index (Phi) is 5.14. The first-order valence-corrected chi connectivity index (χ1v) is 6.54. The van der Waals surface area contributed by atoms with Gasteiger partial charge in [0.1, 0.15) is 6.04 Å². The minimum absolute atomic E-state index is 0.0452. The molecule has 1 aliphatic rings. The number of carboxylic acids is 1. The minimum atomic E-state index is -0.956. The fourth-order valence-electron chi connectivity index (χ4n) is 2.36. The molecule has 0 bridgehead atoms. The lowest BCUT2D eigenvalue weighted by atomic mass is 10.1. The number of amides is 1. The minimum Gasteiger partial charge on any atom is -0.480 e. The fourth-order valence-corrected chi connectivity index (χ4v) is 2.36. The van der Waals surface area contributed by atoms with E-state index in [-0.39, 0.29) is 11.8 Å². The van der Waals surface area contributed by atoms with Crippen LogP contribution in [0.1, 0.15) is 27.2 Å². The van der Waals surface area contributed by atoms with Crippen molar-refractivity contribution in [1.29, 1.82) is 0 Å². The van der Waals surface area contributed by atoms with Crippen molar-refractivity contribution in [2.24, 2.45) is 11.8 Å². The summed E-state index contributed by atoms with van der Waals surface area (Å²) < 4.78 is 0. The van der Waals surface area contributed by atoms with Gasteiger partial charge >= 0.3 is 5.97 Å². The number of likely N-dealkylation sites (tertiary alicyclic amines) is 1. The van der Waals surface area contributed by atoms with Crippen molar-refractivity contribution < 1.29 is 14.7 Å². The lowest BCUT2D eigenvalue weighted by Gasteiger charge is -2.25. The van der Waals surface area contributed by atoms with E-state index in [0.29, 0.717) is 5.92 Å². The third-order valence-corrected chi connectivity index (χ3v) is 3.53. The monoisotopic (exact) mass is 256 g/mol. The van der Waals surface area contributed by atoms with Gasteiger partial charge in [-0.15, -0.1) is 0 Å². The zero-order chi connectivity index (χ0) is 13.9. The van der Waals surface area contributed by atoms with Gasteiger partial charge in [0, 0.05) is 20.1 Å². The number of nitrogens with zero attached hydrogens (tertiary/aromatic N) is 2. The van der Waals surface area contributed by atoms with Crippen molar-refractivity contribution in [2.75, 3.05) is 26.7 Å². The van der Waals surface area contributed by atoms with Crippen molar-refractivity contribution in [3.05, 3.63) is 0 Å². The highest BCUT2D eigenvalue weighted by atomic mass is 16.4. The number of hydrogen-bond donors (Lipinski definition) is 1. The molecule has 2 atom stereocenters. The van der Waals surface area contributed by atoms with E-state index in [9.17, 15) is 9.59 Å². The molecule has 1 fully saturated rings. The Morgan fingerprint density at radius 1 is 1.39 bits per heavy atom. The van der Waals surface area contributed by atoms with Crippen molar-refractivity contribution >= 4 is 11.9 Å². The number of carbonyl (C=O) groups is 2. The largest absolute Gasteiger partial charge is 0.480 e. The van der Waals surface area contributed by atoms with Crippen LogP contribution in [0.25, 0.3) is 0 Å². The molecule has 0 spiro atoms. The maximum Gasteiger partial charge on any atom is 0.326 e. The molecule has 1 N–H and O–H groups in total. The molecule has 0 aliphatic carbocycles. The predicted molar refractivity (Wildman–Crippen MR) is 69.3 cm³/mol. The number of carboxylic acid groups (broad SMARTS) is 1. The molecule has 1 rings (SSSR count). The summed E-state index contributed by atoms with van der Waals surface area (Å²) in [5, 5.41) is 8.91. The Bertz CT molecular complexity index is 317. The number of hydrogen-bond acceptors (Lipinski definition) is 3. The Morgan fingerprint density at radius 2 is 2.00 bits per heavy atom. The lowest BCUT2D eigenvalue weighted by molar-refractivity contribution is -0.149. The second-order valence-corrected chi connectivity index (χ2v) is 5.60. The molecule has 0 aromatic carbocycles. The second-order valence-electron chi connectivity index (χ2n) is 5.60. The summed E-state index contributed by atoms with van der Waals surface area (Å²) in [6.45, 7) is 8.56. The molecule has 104 valence electrons. The van der Waals surface area contributed by atoms with Crippen LogP contribution in [0.4, 0.5) is 0 Å². The van der Waals surface area contributed by atoms with Crippen molar-refractivity contribution in [1.82, 2.24) is 9.80 Å².